The molecule has 2 unspecified atom stereocenters. The summed E-state index contributed by atoms with van der Waals surface area (Å²) in [7, 11) is 0. The van der Waals surface area contributed by atoms with Crippen molar-refractivity contribution in [1.29, 1.82) is 0 Å². The molecule has 2 atom stereocenters. The fraction of sp³-hybridized carbons (Fsp3) is 0.647. The van der Waals surface area contributed by atoms with Crippen LogP contribution >= 0.6 is 0 Å². The SMILES string of the molecule is CCCCCCC(C)NC(C)Cc1cccc(F)c1. The molecule has 0 saturated heterocycles. The average Bonchev–Trinajstić information content (AvgIpc) is 2.34. The van der Waals surface area contributed by atoms with Crippen LogP contribution in [0.5, 0.6) is 0 Å². The van der Waals surface area contributed by atoms with Gasteiger partial charge >= 0.3 is 0 Å². The number of halogens is 1. The number of nitrogens with one attached hydrogen (secondary N) is 1. The normalized spacial score (nSPS) is 14.3. The Bertz CT molecular complexity index is 351. The molecule has 0 heterocycles. The van der Waals surface area contributed by atoms with E-state index in [-0.39, 0.29) is 5.82 Å². The zero-order chi connectivity index (χ0) is 14.1. The van der Waals surface area contributed by atoms with Gasteiger partial charge in [-0.15, -0.1) is 0 Å². The third-order valence-corrected chi connectivity index (χ3v) is 3.49. The summed E-state index contributed by atoms with van der Waals surface area (Å²) in [5.41, 5.74) is 1.07. The number of benzene rings is 1. The zero-order valence-electron chi connectivity index (χ0n) is 12.6. The van der Waals surface area contributed by atoms with E-state index in [4.69, 9.17) is 0 Å². The fourth-order valence-corrected chi connectivity index (χ4v) is 2.52. The maximum absolute atomic E-state index is 13.1. The largest absolute Gasteiger partial charge is 0.311 e. The lowest BCUT2D eigenvalue weighted by Gasteiger charge is -2.20. The molecule has 108 valence electrons. The maximum Gasteiger partial charge on any atom is 0.123 e. The van der Waals surface area contributed by atoms with Crippen LogP contribution in [0.2, 0.25) is 0 Å². The first-order chi connectivity index (χ1) is 9.11. The van der Waals surface area contributed by atoms with Crippen molar-refractivity contribution in [2.75, 3.05) is 0 Å². The van der Waals surface area contributed by atoms with Gasteiger partial charge < -0.3 is 5.32 Å². The Morgan fingerprint density at radius 3 is 2.58 bits per heavy atom. The van der Waals surface area contributed by atoms with Crippen LogP contribution in [0.15, 0.2) is 24.3 Å². The molecule has 0 saturated carbocycles. The Labute approximate surface area is 117 Å². The van der Waals surface area contributed by atoms with Gasteiger partial charge in [0.25, 0.3) is 0 Å². The Kier molecular flexibility index (Phi) is 7.73. The molecule has 1 aromatic rings. The summed E-state index contributed by atoms with van der Waals surface area (Å²) >= 11 is 0. The summed E-state index contributed by atoms with van der Waals surface area (Å²) in [6.07, 6.45) is 7.38. The summed E-state index contributed by atoms with van der Waals surface area (Å²) in [6, 6.07) is 7.84. The topological polar surface area (TPSA) is 12.0 Å². The lowest BCUT2D eigenvalue weighted by atomic mass is 10.0. The second-order valence-corrected chi connectivity index (χ2v) is 5.65. The maximum atomic E-state index is 13.1. The Morgan fingerprint density at radius 2 is 1.89 bits per heavy atom. The van der Waals surface area contributed by atoms with Gasteiger partial charge in [0.1, 0.15) is 5.82 Å². The van der Waals surface area contributed by atoms with Crippen molar-refractivity contribution in [2.45, 2.75) is 71.4 Å². The number of unbranched alkanes of at least 4 members (excludes halogenated alkanes) is 3. The summed E-state index contributed by atoms with van der Waals surface area (Å²) in [5, 5.41) is 3.60. The molecule has 0 bridgehead atoms. The molecule has 2 heteroatoms. The average molecular weight is 265 g/mol. The minimum absolute atomic E-state index is 0.141. The van der Waals surface area contributed by atoms with Crippen molar-refractivity contribution in [1.82, 2.24) is 5.32 Å². The molecule has 1 nitrogen and oxygen atoms in total. The highest BCUT2D eigenvalue weighted by Crippen LogP contribution is 2.09. The quantitative estimate of drug-likeness (QED) is 0.638. The summed E-state index contributed by atoms with van der Waals surface area (Å²) in [6.45, 7) is 6.66. The van der Waals surface area contributed by atoms with Crippen LogP contribution in [-0.2, 0) is 6.42 Å². The van der Waals surface area contributed by atoms with E-state index in [1.54, 1.807) is 12.1 Å². The second kappa shape index (κ2) is 9.08. The van der Waals surface area contributed by atoms with Crippen LogP contribution in [0.25, 0.3) is 0 Å². The van der Waals surface area contributed by atoms with Crippen LogP contribution in [0, 0.1) is 5.82 Å². The lowest BCUT2D eigenvalue weighted by molar-refractivity contribution is 0.428. The van der Waals surface area contributed by atoms with E-state index in [1.165, 1.54) is 38.2 Å². The second-order valence-electron chi connectivity index (χ2n) is 5.65. The van der Waals surface area contributed by atoms with Crippen molar-refractivity contribution in [3.8, 4) is 0 Å². The lowest BCUT2D eigenvalue weighted by Crippen LogP contribution is -2.35. The monoisotopic (exact) mass is 265 g/mol. The van der Waals surface area contributed by atoms with Gasteiger partial charge in [0, 0.05) is 12.1 Å². The zero-order valence-corrected chi connectivity index (χ0v) is 12.6. The van der Waals surface area contributed by atoms with Crippen molar-refractivity contribution in [3.05, 3.63) is 35.6 Å². The highest BCUT2D eigenvalue weighted by Gasteiger charge is 2.08. The van der Waals surface area contributed by atoms with Crippen molar-refractivity contribution < 1.29 is 4.39 Å². The summed E-state index contributed by atoms with van der Waals surface area (Å²) < 4.78 is 13.1. The van der Waals surface area contributed by atoms with Crippen LogP contribution in [0.4, 0.5) is 4.39 Å². The minimum Gasteiger partial charge on any atom is -0.311 e. The van der Waals surface area contributed by atoms with Gasteiger partial charge in [-0.05, 0) is 44.4 Å². The molecule has 0 aliphatic carbocycles. The third-order valence-electron chi connectivity index (χ3n) is 3.49. The highest BCUT2D eigenvalue weighted by atomic mass is 19.1. The van der Waals surface area contributed by atoms with Crippen molar-refractivity contribution in [3.63, 3.8) is 0 Å². The van der Waals surface area contributed by atoms with E-state index in [2.05, 4.69) is 26.1 Å². The first kappa shape index (κ1) is 16.2. The molecule has 19 heavy (non-hydrogen) atoms. The van der Waals surface area contributed by atoms with E-state index >= 15 is 0 Å². The van der Waals surface area contributed by atoms with Crippen molar-refractivity contribution >= 4 is 0 Å². The molecule has 0 aliphatic rings. The van der Waals surface area contributed by atoms with Gasteiger partial charge in [0.2, 0.25) is 0 Å². The standard InChI is InChI=1S/C17H28FN/c1-4-5-6-7-9-14(2)19-15(3)12-16-10-8-11-17(18)13-16/h8,10-11,13-15,19H,4-7,9,12H2,1-3H3. The molecule has 1 N–H and O–H groups in total. The van der Waals surface area contributed by atoms with Crippen LogP contribution < -0.4 is 5.32 Å². The predicted octanol–water partition coefficient (Wildman–Crippen LogP) is 4.71. The van der Waals surface area contributed by atoms with E-state index in [1.807, 2.05) is 6.07 Å². The van der Waals surface area contributed by atoms with Gasteiger partial charge in [-0.3, -0.25) is 0 Å². The molecule has 1 aromatic carbocycles. The molecule has 0 amide bonds. The van der Waals surface area contributed by atoms with Gasteiger partial charge in [0.15, 0.2) is 0 Å². The van der Waals surface area contributed by atoms with E-state index in [9.17, 15) is 4.39 Å². The van der Waals surface area contributed by atoms with Crippen LogP contribution in [-0.4, -0.2) is 12.1 Å². The van der Waals surface area contributed by atoms with E-state index < -0.39 is 0 Å². The molecular formula is C17H28FN. The number of hydrogen-bond acceptors (Lipinski definition) is 1. The molecule has 0 aliphatic heterocycles. The third kappa shape index (κ3) is 7.31. The fourth-order valence-electron chi connectivity index (χ4n) is 2.52. The number of rotatable bonds is 9. The molecule has 1 rings (SSSR count). The van der Waals surface area contributed by atoms with Gasteiger partial charge in [-0.1, -0.05) is 44.7 Å². The molecule has 0 radical (unpaired) electrons. The molecule has 0 spiro atoms. The molecule has 0 aromatic heterocycles. The first-order valence-corrected chi connectivity index (χ1v) is 7.62. The summed E-state index contributed by atoms with van der Waals surface area (Å²) in [5.74, 6) is -0.141. The minimum atomic E-state index is -0.141. The Hall–Kier alpha value is -0.890. The van der Waals surface area contributed by atoms with Gasteiger partial charge in [-0.25, -0.2) is 4.39 Å². The summed E-state index contributed by atoms with van der Waals surface area (Å²) in [4.78, 5) is 0. The Morgan fingerprint density at radius 1 is 1.11 bits per heavy atom. The van der Waals surface area contributed by atoms with Gasteiger partial charge in [-0.2, -0.15) is 0 Å². The van der Waals surface area contributed by atoms with Gasteiger partial charge in [0.05, 0.1) is 0 Å². The smallest absolute Gasteiger partial charge is 0.123 e. The molecule has 0 fully saturated rings. The first-order valence-electron chi connectivity index (χ1n) is 7.62. The predicted molar refractivity (Wildman–Crippen MR) is 80.9 cm³/mol. The van der Waals surface area contributed by atoms with Crippen LogP contribution in [0.3, 0.4) is 0 Å². The van der Waals surface area contributed by atoms with E-state index in [0.717, 1.165) is 12.0 Å². The molecular weight excluding hydrogens is 237 g/mol. The highest BCUT2D eigenvalue weighted by molar-refractivity contribution is 5.17. The van der Waals surface area contributed by atoms with E-state index in [0.29, 0.717) is 12.1 Å². The van der Waals surface area contributed by atoms with Crippen molar-refractivity contribution in [2.24, 2.45) is 0 Å². The van der Waals surface area contributed by atoms with Crippen LogP contribution in [0.1, 0.15) is 58.4 Å². The Balaban J connectivity index is 2.24. The number of hydrogen-bond donors (Lipinski definition) is 1.